The van der Waals surface area contributed by atoms with E-state index in [1.54, 1.807) is 13.0 Å². The van der Waals surface area contributed by atoms with Crippen LogP contribution in [0.1, 0.15) is 40.7 Å². The number of benzene rings is 2. The Bertz CT molecular complexity index is 1190. The van der Waals surface area contributed by atoms with Crippen LogP contribution >= 0.6 is 11.6 Å². The van der Waals surface area contributed by atoms with Gasteiger partial charge in [-0.15, -0.1) is 0 Å². The van der Waals surface area contributed by atoms with Crippen LogP contribution in [0.4, 0.5) is 0 Å². The van der Waals surface area contributed by atoms with Crippen LogP contribution in [0.15, 0.2) is 53.1 Å². The quantitative estimate of drug-likeness (QED) is 0.634. The number of esters is 1. The zero-order valence-electron chi connectivity index (χ0n) is 18.7. The molecule has 0 amide bonds. The standard InChI is InChI=1S/C25H25ClN2O4/c1-13-8-14(2)19(10-17(13)12-31-21-7-6-18(26)9-15(21)3)23-20(11-27)24(28)32-16(4)22(23)25(29)30-5/h6-10,23H,12,28H2,1-5H3. The molecule has 1 aliphatic heterocycles. The maximum atomic E-state index is 12.6. The SMILES string of the molecule is COC(=O)C1=C(C)OC(N)=C(C#N)C1c1cc(COc2ccc(Cl)cc2C)c(C)cc1C. The highest BCUT2D eigenvalue weighted by molar-refractivity contribution is 6.30. The molecule has 0 radical (unpaired) electrons. The van der Waals surface area contributed by atoms with Crippen molar-refractivity contribution in [2.45, 2.75) is 40.2 Å². The molecule has 7 heteroatoms. The minimum Gasteiger partial charge on any atom is -0.489 e. The lowest BCUT2D eigenvalue weighted by Crippen LogP contribution is -2.25. The molecule has 32 heavy (non-hydrogen) atoms. The minimum atomic E-state index is -0.696. The largest absolute Gasteiger partial charge is 0.489 e. The maximum absolute atomic E-state index is 12.6. The topological polar surface area (TPSA) is 94.6 Å². The van der Waals surface area contributed by atoms with Crippen molar-refractivity contribution in [1.82, 2.24) is 0 Å². The van der Waals surface area contributed by atoms with Gasteiger partial charge >= 0.3 is 5.97 Å². The third-order valence-electron chi connectivity index (χ3n) is 5.57. The van der Waals surface area contributed by atoms with Crippen LogP contribution in [0.5, 0.6) is 5.75 Å². The van der Waals surface area contributed by atoms with E-state index in [4.69, 9.17) is 31.5 Å². The predicted octanol–water partition coefficient (Wildman–Crippen LogP) is 5.10. The van der Waals surface area contributed by atoms with Gasteiger partial charge in [-0.05, 0) is 73.7 Å². The van der Waals surface area contributed by atoms with Crippen molar-refractivity contribution in [3.8, 4) is 11.8 Å². The van der Waals surface area contributed by atoms with E-state index in [0.717, 1.165) is 33.6 Å². The van der Waals surface area contributed by atoms with Crippen molar-refractivity contribution in [1.29, 1.82) is 5.26 Å². The fraction of sp³-hybridized carbons (Fsp3) is 0.280. The highest BCUT2D eigenvalue weighted by Gasteiger charge is 2.37. The van der Waals surface area contributed by atoms with Gasteiger partial charge in [-0.3, -0.25) is 0 Å². The second kappa shape index (κ2) is 9.37. The number of allylic oxidation sites excluding steroid dienone is 2. The van der Waals surface area contributed by atoms with Crippen LogP contribution in [0.2, 0.25) is 5.02 Å². The summed E-state index contributed by atoms with van der Waals surface area (Å²) in [5.74, 6) is -0.236. The lowest BCUT2D eigenvalue weighted by Gasteiger charge is -2.28. The molecule has 1 aliphatic rings. The van der Waals surface area contributed by atoms with Gasteiger partial charge in [0.15, 0.2) is 0 Å². The first-order valence-electron chi connectivity index (χ1n) is 10.0. The second-order valence-electron chi connectivity index (χ2n) is 7.72. The number of aryl methyl sites for hydroxylation is 3. The van der Waals surface area contributed by atoms with Crippen molar-refractivity contribution in [2.75, 3.05) is 7.11 Å². The van der Waals surface area contributed by atoms with Crippen molar-refractivity contribution < 1.29 is 19.0 Å². The number of rotatable bonds is 5. The Labute approximate surface area is 192 Å². The van der Waals surface area contributed by atoms with Crippen LogP contribution in [0, 0.1) is 32.1 Å². The Morgan fingerprint density at radius 3 is 2.50 bits per heavy atom. The van der Waals surface area contributed by atoms with Gasteiger partial charge in [0.2, 0.25) is 5.88 Å². The Morgan fingerprint density at radius 1 is 1.16 bits per heavy atom. The molecule has 3 rings (SSSR count). The van der Waals surface area contributed by atoms with Gasteiger partial charge in [0.25, 0.3) is 0 Å². The van der Waals surface area contributed by atoms with Gasteiger partial charge in [-0.2, -0.15) is 5.26 Å². The molecular formula is C25H25ClN2O4. The number of methoxy groups -OCH3 is 1. The van der Waals surface area contributed by atoms with E-state index in [1.165, 1.54) is 7.11 Å². The Hall–Kier alpha value is -3.43. The first-order chi connectivity index (χ1) is 15.2. The lowest BCUT2D eigenvalue weighted by molar-refractivity contribution is -0.136. The molecule has 0 saturated heterocycles. The van der Waals surface area contributed by atoms with E-state index in [1.807, 2.05) is 45.0 Å². The van der Waals surface area contributed by atoms with Crippen molar-refractivity contribution in [3.63, 3.8) is 0 Å². The summed E-state index contributed by atoms with van der Waals surface area (Å²) in [6.07, 6.45) is 0. The molecule has 2 N–H and O–H groups in total. The van der Waals surface area contributed by atoms with Crippen molar-refractivity contribution >= 4 is 17.6 Å². The summed E-state index contributed by atoms with van der Waals surface area (Å²) in [5, 5.41) is 10.4. The number of carbonyl (C=O) groups excluding carboxylic acids is 1. The highest BCUT2D eigenvalue weighted by Crippen LogP contribution is 2.41. The summed E-state index contributed by atoms with van der Waals surface area (Å²) in [6, 6.07) is 11.5. The normalized spacial score (nSPS) is 15.8. The number of carbonyl (C=O) groups is 1. The Balaban J connectivity index is 2.07. The average Bonchev–Trinajstić information content (AvgIpc) is 2.73. The second-order valence-corrected chi connectivity index (χ2v) is 8.16. The maximum Gasteiger partial charge on any atom is 0.338 e. The van der Waals surface area contributed by atoms with Crippen molar-refractivity contribution in [3.05, 3.63) is 86.0 Å². The summed E-state index contributed by atoms with van der Waals surface area (Å²) in [6.45, 7) is 7.80. The molecular weight excluding hydrogens is 428 g/mol. The number of nitrogens with zero attached hydrogens (tertiary/aromatic N) is 1. The summed E-state index contributed by atoms with van der Waals surface area (Å²) in [7, 11) is 1.29. The zero-order valence-corrected chi connectivity index (χ0v) is 19.5. The molecule has 166 valence electrons. The molecule has 2 aromatic rings. The van der Waals surface area contributed by atoms with E-state index >= 15 is 0 Å². The third-order valence-corrected chi connectivity index (χ3v) is 5.80. The lowest BCUT2D eigenvalue weighted by atomic mass is 9.80. The predicted molar refractivity (Wildman–Crippen MR) is 122 cm³/mol. The van der Waals surface area contributed by atoms with Crippen LogP contribution in [-0.2, 0) is 20.9 Å². The molecule has 1 heterocycles. The first-order valence-corrected chi connectivity index (χ1v) is 10.4. The van der Waals surface area contributed by atoms with Gasteiger partial charge in [0.1, 0.15) is 29.8 Å². The van der Waals surface area contributed by atoms with E-state index in [9.17, 15) is 10.1 Å². The molecule has 0 aliphatic carbocycles. The van der Waals surface area contributed by atoms with Crippen LogP contribution in [-0.4, -0.2) is 13.1 Å². The Kier molecular flexibility index (Phi) is 6.81. The fourth-order valence-electron chi connectivity index (χ4n) is 3.88. The number of hydrogen-bond acceptors (Lipinski definition) is 6. The molecule has 6 nitrogen and oxygen atoms in total. The molecule has 0 aromatic heterocycles. The molecule has 2 aromatic carbocycles. The smallest absolute Gasteiger partial charge is 0.338 e. The van der Waals surface area contributed by atoms with E-state index in [-0.39, 0.29) is 17.0 Å². The van der Waals surface area contributed by atoms with Gasteiger partial charge in [0, 0.05) is 5.02 Å². The Morgan fingerprint density at radius 2 is 1.88 bits per heavy atom. The molecule has 1 unspecified atom stereocenters. The van der Waals surface area contributed by atoms with Gasteiger partial charge < -0.3 is 19.9 Å². The zero-order chi connectivity index (χ0) is 23.6. The fourth-order valence-corrected chi connectivity index (χ4v) is 4.11. The number of nitriles is 1. The van der Waals surface area contributed by atoms with Crippen LogP contribution in [0.25, 0.3) is 0 Å². The summed E-state index contributed by atoms with van der Waals surface area (Å²) < 4.78 is 16.5. The van der Waals surface area contributed by atoms with Gasteiger partial charge in [-0.25, -0.2) is 4.79 Å². The highest BCUT2D eigenvalue weighted by atomic mass is 35.5. The molecule has 0 fully saturated rings. The number of hydrogen-bond donors (Lipinski definition) is 1. The molecule has 0 bridgehead atoms. The van der Waals surface area contributed by atoms with Crippen LogP contribution in [0.3, 0.4) is 0 Å². The van der Waals surface area contributed by atoms with Gasteiger partial charge in [0.05, 0.1) is 18.6 Å². The monoisotopic (exact) mass is 452 g/mol. The summed E-state index contributed by atoms with van der Waals surface area (Å²) in [5.41, 5.74) is 11.0. The van der Waals surface area contributed by atoms with E-state index < -0.39 is 11.9 Å². The van der Waals surface area contributed by atoms with Gasteiger partial charge in [-0.1, -0.05) is 23.7 Å². The average molecular weight is 453 g/mol. The number of ether oxygens (including phenoxy) is 3. The number of nitrogens with two attached hydrogens (primary N) is 1. The van der Waals surface area contributed by atoms with E-state index in [2.05, 4.69) is 6.07 Å². The molecule has 1 atom stereocenters. The number of halogens is 1. The minimum absolute atomic E-state index is 0.0165. The molecule has 0 saturated carbocycles. The van der Waals surface area contributed by atoms with Crippen molar-refractivity contribution in [2.24, 2.45) is 5.73 Å². The van der Waals surface area contributed by atoms with E-state index in [0.29, 0.717) is 17.4 Å². The summed E-state index contributed by atoms with van der Waals surface area (Å²) >= 11 is 6.04. The third kappa shape index (κ3) is 4.44. The molecule has 0 spiro atoms. The first kappa shape index (κ1) is 23.2. The van der Waals surface area contributed by atoms with Crippen LogP contribution < -0.4 is 10.5 Å². The summed E-state index contributed by atoms with van der Waals surface area (Å²) in [4.78, 5) is 12.6.